The summed E-state index contributed by atoms with van der Waals surface area (Å²) in [6, 6.07) is 1.86. The molecule has 0 bridgehead atoms. The van der Waals surface area contributed by atoms with Crippen LogP contribution in [0.3, 0.4) is 0 Å². The average Bonchev–Trinajstić information content (AvgIpc) is 3.00. The number of carbonyl (C=O) groups excluding carboxylic acids is 2. The maximum atomic E-state index is 12.1. The first kappa shape index (κ1) is 15.5. The Hall–Kier alpha value is -1.85. The predicted octanol–water partition coefficient (Wildman–Crippen LogP) is 1.23. The van der Waals surface area contributed by atoms with Crippen molar-refractivity contribution in [1.29, 1.82) is 0 Å². The van der Waals surface area contributed by atoms with Gasteiger partial charge in [-0.1, -0.05) is 19.3 Å². The molecule has 2 amide bonds. The molecule has 0 aromatic carbocycles. The van der Waals surface area contributed by atoms with Gasteiger partial charge in [-0.3, -0.25) is 14.3 Å². The van der Waals surface area contributed by atoms with E-state index in [0.29, 0.717) is 13.0 Å². The van der Waals surface area contributed by atoms with Gasteiger partial charge in [0.2, 0.25) is 11.8 Å². The molecule has 0 unspecified atom stereocenters. The molecule has 6 heteroatoms. The van der Waals surface area contributed by atoms with Crippen molar-refractivity contribution in [2.24, 2.45) is 0 Å². The number of carbonyl (C=O) groups is 2. The summed E-state index contributed by atoms with van der Waals surface area (Å²) in [5.41, 5.74) is -0.699. The van der Waals surface area contributed by atoms with Crippen molar-refractivity contribution in [2.75, 3.05) is 7.05 Å². The zero-order valence-corrected chi connectivity index (χ0v) is 12.6. The van der Waals surface area contributed by atoms with E-state index < -0.39 is 5.54 Å². The molecule has 1 aromatic rings. The fraction of sp³-hybridized carbons (Fsp3) is 0.667. The molecular formula is C15H24N4O2. The number of amides is 2. The van der Waals surface area contributed by atoms with E-state index in [9.17, 15) is 9.59 Å². The van der Waals surface area contributed by atoms with Crippen molar-refractivity contribution in [3.63, 3.8) is 0 Å². The summed E-state index contributed by atoms with van der Waals surface area (Å²) in [5.74, 6) is -0.115. The molecule has 6 nitrogen and oxygen atoms in total. The molecule has 1 heterocycles. The minimum absolute atomic E-state index is 0.0485. The lowest BCUT2D eigenvalue weighted by Crippen LogP contribution is -2.59. The van der Waals surface area contributed by atoms with Crippen LogP contribution in [0.25, 0.3) is 0 Å². The molecule has 1 fully saturated rings. The van der Waals surface area contributed by atoms with Crippen molar-refractivity contribution in [3.8, 4) is 0 Å². The number of rotatable bonds is 6. The first-order valence-corrected chi connectivity index (χ1v) is 7.67. The molecule has 1 saturated carbocycles. The second-order valence-corrected chi connectivity index (χ2v) is 5.64. The van der Waals surface area contributed by atoms with Gasteiger partial charge in [-0.25, -0.2) is 0 Å². The molecule has 116 valence electrons. The Morgan fingerprint density at radius 2 is 2.05 bits per heavy atom. The highest BCUT2D eigenvalue weighted by Gasteiger charge is 2.39. The minimum Gasteiger partial charge on any atom is -0.357 e. The molecule has 2 N–H and O–H groups in total. The van der Waals surface area contributed by atoms with Gasteiger partial charge in [-0.15, -0.1) is 0 Å². The number of aromatic nitrogens is 2. The van der Waals surface area contributed by atoms with Gasteiger partial charge >= 0.3 is 0 Å². The van der Waals surface area contributed by atoms with Crippen LogP contribution in [0, 0.1) is 0 Å². The van der Waals surface area contributed by atoms with Crippen LogP contribution in [0.1, 0.15) is 44.9 Å². The highest BCUT2D eigenvalue weighted by Crippen LogP contribution is 2.28. The van der Waals surface area contributed by atoms with Crippen molar-refractivity contribution in [2.45, 2.75) is 57.0 Å². The van der Waals surface area contributed by atoms with Crippen molar-refractivity contribution < 1.29 is 9.59 Å². The average molecular weight is 292 g/mol. The van der Waals surface area contributed by atoms with E-state index in [1.165, 1.54) is 0 Å². The van der Waals surface area contributed by atoms with Crippen LogP contribution >= 0.6 is 0 Å². The number of hydrogen-bond acceptors (Lipinski definition) is 3. The zero-order chi connectivity index (χ0) is 15.1. The predicted molar refractivity (Wildman–Crippen MR) is 79.5 cm³/mol. The summed E-state index contributed by atoms with van der Waals surface area (Å²) in [4.78, 5) is 24.3. The minimum atomic E-state index is -0.699. The maximum absolute atomic E-state index is 12.1. The molecule has 0 atom stereocenters. The Morgan fingerprint density at radius 1 is 1.29 bits per heavy atom. The van der Waals surface area contributed by atoms with Gasteiger partial charge in [0.05, 0.1) is 0 Å². The van der Waals surface area contributed by atoms with Crippen molar-refractivity contribution in [3.05, 3.63) is 18.5 Å². The summed E-state index contributed by atoms with van der Waals surface area (Å²) >= 11 is 0. The Balaban J connectivity index is 1.84. The number of nitrogens with one attached hydrogen (secondary N) is 2. The Kier molecular flexibility index (Phi) is 5.36. The molecule has 0 radical (unpaired) electrons. The third kappa shape index (κ3) is 4.06. The lowest BCUT2D eigenvalue weighted by atomic mass is 9.80. The Labute approximate surface area is 125 Å². The normalized spacial score (nSPS) is 17.2. The van der Waals surface area contributed by atoms with Gasteiger partial charge in [0.15, 0.2) is 0 Å². The molecule has 1 aliphatic rings. The Bertz CT molecular complexity index is 464. The van der Waals surface area contributed by atoms with Gasteiger partial charge in [0, 0.05) is 32.4 Å². The molecule has 0 spiro atoms. The van der Waals surface area contributed by atoms with E-state index in [0.717, 1.165) is 38.5 Å². The van der Waals surface area contributed by atoms with Crippen LogP contribution in [0.2, 0.25) is 0 Å². The third-order valence-corrected chi connectivity index (χ3v) is 4.10. The molecule has 1 aromatic heterocycles. The lowest BCUT2D eigenvalue weighted by molar-refractivity contribution is -0.134. The third-order valence-electron chi connectivity index (χ3n) is 4.10. The van der Waals surface area contributed by atoms with Crippen LogP contribution in [0.4, 0.5) is 0 Å². The number of nitrogens with zero attached hydrogens (tertiary/aromatic N) is 2. The Morgan fingerprint density at radius 3 is 2.67 bits per heavy atom. The van der Waals surface area contributed by atoms with E-state index in [1.807, 2.05) is 16.9 Å². The maximum Gasteiger partial charge on any atom is 0.245 e. The summed E-state index contributed by atoms with van der Waals surface area (Å²) in [6.07, 6.45) is 9.31. The van der Waals surface area contributed by atoms with Gasteiger partial charge in [0.1, 0.15) is 5.54 Å². The topological polar surface area (TPSA) is 76.0 Å². The molecule has 0 saturated heterocycles. The number of likely N-dealkylation sites (N-methyl/N-ethyl adjacent to an activating group) is 1. The van der Waals surface area contributed by atoms with Crippen molar-refractivity contribution >= 4 is 11.8 Å². The van der Waals surface area contributed by atoms with Crippen LogP contribution < -0.4 is 10.6 Å². The lowest BCUT2D eigenvalue weighted by Gasteiger charge is -2.36. The first-order valence-electron chi connectivity index (χ1n) is 7.67. The number of aryl methyl sites for hydroxylation is 1. The SMILES string of the molecule is CNC(=O)C1(NC(=O)CCCn2cccn2)CCCCC1. The van der Waals surface area contributed by atoms with Gasteiger partial charge in [-0.2, -0.15) is 5.10 Å². The summed E-state index contributed by atoms with van der Waals surface area (Å²) in [5, 5.41) is 9.78. The molecule has 2 rings (SSSR count). The van der Waals surface area contributed by atoms with Gasteiger partial charge in [0.25, 0.3) is 0 Å². The van der Waals surface area contributed by atoms with Crippen LogP contribution in [0.5, 0.6) is 0 Å². The van der Waals surface area contributed by atoms with E-state index in [4.69, 9.17) is 0 Å². The molecular weight excluding hydrogens is 268 g/mol. The van der Waals surface area contributed by atoms with Crippen molar-refractivity contribution in [1.82, 2.24) is 20.4 Å². The fourth-order valence-electron chi connectivity index (χ4n) is 2.97. The molecule has 0 aliphatic heterocycles. The summed E-state index contributed by atoms with van der Waals surface area (Å²) in [7, 11) is 1.63. The monoisotopic (exact) mass is 292 g/mol. The highest BCUT2D eigenvalue weighted by atomic mass is 16.2. The van der Waals surface area contributed by atoms with E-state index >= 15 is 0 Å². The zero-order valence-electron chi connectivity index (χ0n) is 12.6. The standard InChI is InChI=1S/C15H24N4O2/c1-16-14(21)15(8-3-2-4-9-15)18-13(20)7-5-11-19-12-6-10-17-19/h6,10,12H,2-5,7-9,11H2,1H3,(H,16,21)(H,18,20). The number of hydrogen-bond donors (Lipinski definition) is 2. The van der Waals surface area contributed by atoms with Gasteiger partial charge < -0.3 is 10.6 Å². The van der Waals surface area contributed by atoms with E-state index in [2.05, 4.69) is 15.7 Å². The highest BCUT2D eigenvalue weighted by molar-refractivity contribution is 5.91. The second-order valence-electron chi connectivity index (χ2n) is 5.64. The fourth-order valence-corrected chi connectivity index (χ4v) is 2.97. The van der Waals surface area contributed by atoms with Crippen LogP contribution in [-0.4, -0.2) is 34.2 Å². The van der Waals surface area contributed by atoms with Gasteiger partial charge in [-0.05, 0) is 25.3 Å². The first-order chi connectivity index (χ1) is 10.2. The van der Waals surface area contributed by atoms with E-state index in [1.54, 1.807) is 13.2 Å². The quantitative estimate of drug-likeness (QED) is 0.828. The van der Waals surface area contributed by atoms with E-state index in [-0.39, 0.29) is 11.8 Å². The van der Waals surface area contributed by atoms with Crippen LogP contribution in [0.15, 0.2) is 18.5 Å². The van der Waals surface area contributed by atoms with Crippen LogP contribution in [-0.2, 0) is 16.1 Å². The molecule has 21 heavy (non-hydrogen) atoms. The summed E-state index contributed by atoms with van der Waals surface area (Å²) < 4.78 is 1.81. The second kappa shape index (κ2) is 7.24. The smallest absolute Gasteiger partial charge is 0.245 e. The summed E-state index contributed by atoms with van der Waals surface area (Å²) in [6.45, 7) is 0.716. The molecule has 1 aliphatic carbocycles. The largest absolute Gasteiger partial charge is 0.357 e.